The molecule has 1 aliphatic rings. The van der Waals surface area contributed by atoms with E-state index >= 15 is 0 Å². The molecule has 1 aromatic rings. The Morgan fingerprint density at radius 2 is 1.93 bits per heavy atom. The number of aliphatic hydroxyl groups excluding tert-OH is 1. The summed E-state index contributed by atoms with van der Waals surface area (Å²) >= 11 is 0. The number of ether oxygens (including phenoxy) is 1. The highest BCUT2D eigenvalue weighted by Crippen LogP contribution is 2.29. The highest BCUT2D eigenvalue weighted by molar-refractivity contribution is 5.78. The third-order valence-corrected chi connectivity index (χ3v) is 3.72. The van der Waals surface area contributed by atoms with Crippen LogP contribution in [0.25, 0.3) is 0 Å². The van der Waals surface area contributed by atoms with Crippen LogP contribution >= 0.6 is 0 Å². The fourth-order valence-corrected chi connectivity index (χ4v) is 2.56. The summed E-state index contributed by atoms with van der Waals surface area (Å²) in [6, 6.07) is -0.877. The Hall–Kier alpha value is -2.37. The van der Waals surface area contributed by atoms with E-state index in [1.54, 1.807) is 20.8 Å². The van der Waals surface area contributed by atoms with Crippen molar-refractivity contribution in [1.82, 2.24) is 25.0 Å². The topological polar surface area (TPSA) is 110 Å². The number of alkyl carbamates (subject to hydrolysis) is 1. The summed E-state index contributed by atoms with van der Waals surface area (Å²) in [5, 5.41) is 18.4. The summed E-state index contributed by atoms with van der Waals surface area (Å²) in [5.74, 6) is -1.50. The first kappa shape index (κ1) is 20.9. The summed E-state index contributed by atoms with van der Waals surface area (Å²) in [4.78, 5) is 25.4. The van der Waals surface area contributed by atoms with E-state index in [1.807, 2.05) is 0 Å². The molecule has 1 atom stereocenters. The third kappa shape index (κ3) is 5.55. The molecule has 0 bridgehead atoms. The average molecular weight is 393 g/mol. The van der Waals surface area contributed by atoms with Gasteiger partial charge in [-0.2, -0.15) is 13.2 Å². The minimum absolute atomic E-state index is 0.0302. The summed E-state index contributed by atoms with van der Waals surface area (Å²) in [5.41, 5.74) is -0.735. The number of hydrogen-bond acceptors (Lipinski definition) is 6. The van der Waals surface area contributed by atoms with Crippen molar-refractivity contribution >= 4 is 12.0 Å². The van der Waals surface area contributed by atoms with Crippen molar-refractivity contribution in [3.63, 3.8) is 0 Å². The SMILES string of the molecule is CC(C)(C)OC(=O)N[C@@H](CO)CC(=O)N1CCn2c(nnc2C(F)(F)F)C1. The van der Waals surface area contributed by atoms with Crippen molar-refractivity contribution in [1.29, 1.82) is 0 Å². The molecule has 0 fully saturated rings. The van der Waals surface area contributed by atoms with E-state index in [1.165, 1.54) is 4.90 Å². The standard InChI is InChI=1S/C15H22F3N5O4/c1-14(2,3)27-13(26)19-9(8-24)6-11(25)22-4-5-23-10(7-22)20-21-12(23)15(16,17)18/h9,24H,4-8H2,1-3H3,(H,19,26)/t9-/m1/s1. The van der Waals surface area contributed by atoms with Crippen LogP contribution < -0.4 is 5.32 Å². The molecule has 0 unspecified atom stereocenters. The molecule has 0 saturated carbocycles. The molecular formula is C15H22F3N5O4. The van der Waals surface area contributed by atoms with Crippen molar-refractivity contribution in [3.05, 3.63) is 11.6 Å². The Kier molecular flexibility index (Phi) is 5.97. The van der Waals surface area contributed by atoms with Crippen LogP contribution in [0.3, 0.4) is 0 Å². The van der Waals surface area contributed by atoms with E-state index in [0.717, 1.165) is 4.57 Å². The minimum atomic E-state index is -4.61. The molecular weight excluding hydrogens is 371 g/mol. The van der Waals surface area contributed by atoms with Gasteiger partial charge in [0.15, 0.2) is 5.82 Å². The van der Waals surface area contributed by atoms with Crippen molar-refractivity contribution in [3.8, 4) is 0 Å². The molecule has 9 nitrogen and oxygen atoms in total. The summed E-state index contributed by atoms with van der Waals surface area (Å²) in [6.45, 7) is 4.34. The van der Waals surface area contributed by atoms with Crippen LogP contribution in [0.4, 0.5) is 18.0 Å². The van der Waals surface area contributed by atoms with Gasteiger partial charge in [0.1, 0.15) is 5.60 Å². The zero-order chi connectivity index (χ0) is 20.4. The third-order valence-electron chi connectivity index (χ3n) is 3.72. The molecule has 152 valence electrons. The Morgan fingerprint density at radius 1 is 1.26 bits per heavy atom. The second-order valence-corrected chi connectivity index (χ2v) is 7.13. The van der Waals surface area contributed by atoms with Crippen molar-refractivity contribution in [2.75, 3.05) is 13.2 Å². The van der Waals surface area contributed by atoms with E-state index in [2.05, 4.69) is 15.5 Å². The number of nitrogens with one attached hydrogen (secondary N) is 1. The van der Waals surface area contributed by atoms with Crippen molar-refractivity contribution in [2.24, 2.45) is 0 Å². The number of fused-ring (bicyclic) bond motifs is 1. The molecule has 27 heavy (non-hydrogen) atoms. The predicted octanol–water partition coefficient (Wildman–Crippen LogP) is 0.915. The van der Waals surface area contributed by atoms with Gasteiger partial charge in [-0.25, -0.2) is 4.79 Å². The van der Waals surface area contributed by atoms with Crippen molar-refractivity contribution in [2.45, 2.75) is 58.1 Å². The maximum absolute atomic E-state index is 12.8. The van der Waals surface area contributed by atoms with Gasteiger partial charge in [0.05, 0.1) is 19.2 Å². The Morgan fingerprint density at radius 3 is 2.48 bits per heavy atom. The number of alkyl halides is 3. The Labute approximate surface area is 153 Å². The molecule has 1 aromatic heterocycles. The van der Waals surface area contributed by atoms with Crippen LogP contribution in [0.5, 0.6) is 0 Å². The van der Waals surface area contributed by atoms with Gasteiger partial charge in [-0.15, -0.1) is 10.2 Å². The van der Waals surface area contributed by atoms with Crippen LogP contribution in [0.1, 0.15) is 38.8 Å². The van der Waals surface area contributed by atoms with E-state index in [9.17, 15) is 27.9 Å². The zero-order valence-electron chi connectivity index (χ0n) is 15.2. The molecule has 2 rings (SSSR count). The minimum Gasteiger partial charge on any atom is -0.444 e. The lowest BCUT2D eigenvalue weighted by Gasteiger charge is -2.29. The maximum atomic E-state index is 12.8. The predicted molar refractivity (Wildman–Crippen MR) is 85.3 cm³/mol. The monoisotopic (exact) mass is 393 g/mol. The second-order valence-electron chi connectivity index (χ2n) is 7.13. The van der Waals surface area contributed by atoms with Gasteiger partial charge in [0, 0.05) is 19.5 Å². The number of carbonyl (C=O) groups is 2. The van der Waals surface area contributed by atoms with Gasteiger partial charge >= 0.3 is 12.3 Å². The van der Waals surface area contributed by atoms with Gasteiger partial charge < -0.3 is 24.6 Å². The highest BCUT2D eigenvalue weighted by Gasteiger charge is 2.40. The normalized spacial score (nSPS) is 15.9. The fraction of sp³-hybridized carbons (Fsp3) is 0.733. The van der Waals surface area contributed by atoms with Gasteiger partial charge in [-0.05, 0) is 20.8 Å². The summed E-state index contributed by atoms with van der Waals surface area (Å²) < 4.78 is 44.5. The van der Waals surface area contributed by atoms with Crippen LogP contribution in [0.2, 0.25) is 0 Å². The summed E-state index contributed by atoms with van der Waals surface area (Å²) in [7, 11) is 0. The van der Waals surface area contributed by atoms with Gasteiger partial charge in [-0.1, -0.05) is 0 Å². The van der Waals surface area contributed by atoms with Gasteiger partial charge in [0.2, 0.25) is 11.7 Å². The lowest BCUT2D eigenvalue weighted by Crippen LogP contribution is -2.46. The van der Waals surface area contributed by atoms with Crippen LogP contribution in [0.15, 0.2) is 0 Å². The van der Waals surface area contributed by atoms with Gasteiger partial charge in [-0.3, -0.25) is 4.79 Å². The number of nitrogens with zero attached hydrogens (tertiary/aromatic N) is 4. The fourth-order valence-electron chi connectivity index (χ4n) is 2.56. The smallest absolute Gasteiger partial charge is 0.444 e. The first-order chi connectivity index (χ1) is 12.4. The number of rotatable bonds is 4. The molecule has 2 N–H and O–H groups in total. The number of aromatic nitrogens is 3. The van der Waals surface area contributed by atoms with E-state index in [-0.39, 0.29) is 31.9 Å². The number of aliphatic hydroxyl groups is 1. The molecule has 2 heterocycles. The first-order valence-electron chi connectivity index (χ1n) is 8.28. The summed E-state index contributed by atoms with van der Waals surface area (Å²) in [6.07, 6.45) is -5.62. The molecule has 0 spiro atoms. The highest BCUT2D eigenvalue weighted by atomic mass is 19.4. The molecule has 0 aliphatic carbocycles. The van der Waals surface area contributed by atoms with Crippen LogP contribution in [-0.4, -0.2) is 61.6 Å². The van der Waals surface area contributed by atoms with Crippen LogP contribution in [0, 0.1) is 0 Å². The molecule has 0 aromatic carbocycles. The number of amides is 2. The average Bonchev–Trinajstić information content (AvgIpc) is 2.95. The van der Waals surface area contributed by atoms with Gasteiger partial charge in [0.25, 0.3) is 0 Å². The number of carbonyl (C=O) groups excluding carboxylic acids is 2. The lowest BCUT2D eigenvalue weighted by molar-refractivity contribution is -0.148. The molecule has 0 radical (unpaired) electrons. The zero-order valence-corrected chi connectivity index (χ0v) is 15.2. The van der Waals surface area contributed by atoms with E-state index in [0.29, 0.717) is 0 Å². The first-order valence-corrected chi connectivity index (χ1v) is 8.28. The Balaban J connectivity index is 1.96. The van der Waals surface area contributed by atoms with E-state index < -0.39 is 42.3 Å². The quantitative estimate of drug-likeness (QED) is 0.787. The lowest BCUT2D eigenvalue weighted by atomic mass is 10.2. The van der Waals surface area contributed by atoms with E-state index in [4.69, 9.17) is 4.74 Å². The molecule has 0 saturated heterocycles. The molecule has 12 heteroatoms. The molecule has 1 aliphatic heterocycles. The van der Waals surface area contributed by atoms with Crippen molar-refractivity contribution < 1.29 is 32.6 Å². The Bertz CT molecular complexity index is 699. The van der Waals surface area contributed by atoms with Crippen LogP contribution in [-0.2, 0) is 28.8 Å². The largest absolute Gasteiger partial charge is 0.451 e. The number of halogens is 3. The number of hydrogen-bond donors (Lipinski definition) is 2. The second kappa shape index (κ2) is 7.71. The molecule has 2 amide bonds. The maximum Gasteiger partial charge on any atom is 0.451 e.